The van der Waals surface area contributed by atoms with Crippen molar-refractivity contribution in [3.05, 3.63) is 29.5 Å². The summed E-state index contributed by atoms with van der Waals surface area (Å²) in [7, 11) is 7.82. The number of rotatable bonds is 3. The second-order valence-electron chi connectivity index (χ2n) is 4.47. The fourth-order valence-corrected chi connectivity index (χ4v) is 2.07. The molecule has 0 saturated heterocycles. The second-order valence-corrected chi connectivity index (χ2v) is 4.47. The maximum absolute atomic E-state index is 11.7. The van der Waals surface area contributed by atoms with Crippen molar-refractivity contribution in [3.63, 3.8) is 0 Å². The smallest absolute Gasteiger partial charge is 0.235 e. The minimum absolute atomic E-state index is 0.0879. The Kier molecular flexibility index (Phi) is 2.99. The van der Waals surface area contributed by atoms with E-state index in [4.69, 9.17) is 0 Å². The molecule has 2 aromatic rings. The van der Waals surface area contributed by atoms with Gasteiger partial charge in [-0.05, 0) is 40.3 Å². The van der Waals surface area contributed by atoms with Gasteiger partial charge in [0, 0.05) is 0 Å². The third kappa shape index (κ3) is 1.96. The molecule has 0 saturated carbocycles. The van der Waals surface area contributed by atoms with Gasteiger partial charge in [0.15, 0.2) is 0 Å². The number of hydrogen-bond acceptors (Lipinski definition) is 4. The van der Waals surface area contributed by atoms with E-state index in [1.807, 2.05) is 56.2 Å². The van der Waals surface area contributed by atoms with Gasteiger partial charge >= 0.3 is 0 Å². The Hall–Kier alpha value is -1.66. The van der Waals surface area contributed by atoms with Crippen molar-refractivity contribution in [2.75, 3.05) is 28.2 Å². The van der Waals surface area contributed by atoms with Gasteiger partial charge in [-0.2, -0.15) is 0 Å². The van der Waals surface area contributed by atoms with E-state index in [9.17, 15) is 5.21 Å². The first-order valence-electron chi connectivity index (χ1n) is 5.42. The van der Waals surface area contributed by atoms with Crippen molar-refractivity contribution in [3.8, 4) is 0 Å². The summed E-state index contributed by atoms with van der Waals surface area (Å²) in [5, 5.41) is 15.7. The van der Waals surface area contributed by atoms with Crippen LogP contribution in [0.15, 0.2) is 24.3 Å². The van der Waals surface area contributed by atoms with E-state index < -0.39 is 0 Å². The van der Waals surface area contributed by atoms with Crippen molar-refractivity contribution in [2.45, 2.75) is 6.29 Å². The van der Waals surface area contributed by atoms with Crippen LogP contribution in [-0.4, -0.2) is 47.9 Å². The first-order chi connectivity index (χ1) is 8.02. The van der Waals surface area contributed by atoms with Gasteiger partial charge in [0.1, 0.15) is 0 Å². The summed E-state index contributed by atoms with van der Waals surface area (Å²) in [5.41, 5.74) is 1.41. The Morgan fingerprint density at radius 3 is 2.35 bits per heavy atom. The van der Waals surface area contributed by atoms with Crippen molar-refractivity contribution in [1.82, 2.24) is 19.7 Å². The predicted octanol–water partition coefficient (Wildman–Crippen LogP) is 0.249. The molecular weight excluding hydrogens is 218 g/mol. The lowest BCUT2D eigenvalue weighted by Crippen LogP contribution is -2.40. The van der Waals surface area contributed by atoms with Crippen LogP contribution in [0.3, 0.4) is 0 Å². The van der Waals surface area contributed by atoms with Gasteiger partial charge in [0.05, 0.1) is 5.21 Å². The predicted molar refractivity (Wildman–Crippen MR) is 65.1 cm³/mol. The zero-order valence-electron chi connectivity index (χ0n) is 10.5. The molecule has 0 aliphatic carbocycles. The summed E-state index contributed by atoms with van der Waals surface area (Å²) in [5.74, 6) is 0. The number of hydrogen-bond donors (Lipinski definition) is 0. The second kappa shape index (κ2) is 4.31. The van der Waals surface area contributed by atoms with E-state index >= 15 is 0 Å². The molecule has 6 nitrogen and oxygen atoms in total. The lowest BCUT2D eigenvalue weighted by molar-refractivity contribution is -0.647. The topological polar surface area (TPSA) is 51.2 Å². The average molecular weight is 235 g/mol. The van der Waals surface area contributed by atoms with Gasteiger partial charge in [-0.25, -0.2) is 0 Å². The largest absolute Gasteiger partial charge is 0.691 e. The van der Waals surface area contributed by atoms with Gasteiger partial charge in [-0.3, -0.25) is 9.80 Å². The van der Waals surface area contributed by atoms with Crippen LogP contribution in [0.25, 0.3) is 11.0 Å². The molecule has 0 atom stereocenters. The van der Waals surface area contributed by atoms with Crippen molar-refractivity contribution in [1.29, 1.82) is 0 Å². The Balaban J connectivity index is 2.61. The number of aromatic nitrogens is 3. The van der Waals surface area contributed by atoms with E-state index in [0.717, 1.165) is 5.52 Å². The average Bonchev–Trinajstić information content (AvgIpc) is 2.56. The summed E-state index contributed by atoms with van der Waals surface area (Å²) in [6.07, 6.45) is -0.0879. The summed E-state index contributed by atoms with van der Waals surface area (Å²) < 4.78 is 1.72. The van der Waals surface area contributed by atoms with Gasteiger partial charge in [-0.15, -0.1) is 4.85 Å². The van der Waals surface area contributed by atoms with E-state index in [1.165, 1.54) is 0 Å². The third-order valence-electron chi connectivity index (χ3n) is 2.65. The highest BCUT2D eigenvalue weighted by atomic mass is 16.5. The first kappa shape index (κ1) is 11.8. The highest BCUT2D eigenvalue weighted by Gasteiger charge is 2.26. The minimum Gasteiger partial charge on any atom is -0.691 e. The normalized spacial score (nSPS) is 12.2. The molecule has 6 heteroatoms. The van der Waals surface area contributed by atoms with Crippen LogP contribution in [0.2, 0.25) is 0 Å². The van der Waals surface area contributed by atoms with Crippen LogP contribution >= 0.6 is 0 Å². The summed E-state index contributed by atoms with van der Waals surface area (Å²) in [6.45, 7) is 0. The van der Waals surface area contributed by atoms with E-state index in [-0.39, 0.29) is 6.29 Å². The Bertz CT molecular complexity index is 512. The molecule has 0 N–H and O–H groups in total. The molecule has 0 bridgehead atoms. The maximum atomic E-state index is 11.7. The van der Waals surface area contributed by atoms with Crippen molar-refractivity contribution < 1.29 is 4.85 Å². The number of nitrogens with zero attached hydrogens (tertiary/aromatic N) is 5. The van der Waals surface area contributed by atoms with E-state index in [2.05, 4.69) is 5.21 Å². The summed E-state index contributed by atoms with van der Waals surface area (Å²) >= 11 is 0. The van der Waals surface area contributed by atoms with Gasteiger partial charge < -0.3 is 5.21 Å². The molecule has 1 heterocycles. The SMILES string of the molecule is CN(C)C(N(C)C)n1n[n+]([O-])c2ccccc21. The summed E-state index contributed by atoms with van der Waals surface area (Å²) in [4.78, 5) is 4.66. The monoisotopic (exact) mass is 235 g/mol. The zero-order chi connectivity index (χ0) is 12.6. The van der Waals surface area contributed by atoms with Gasteiger partial charge in [0.2, 0.25) is 17.3 Å². The first-order valence-corrected chi connectivity index (χ1v) is 5.42. The summed E-state index contributed by atoms with van der Waals surface area (Å²) in [6, 6.07) is 7.41. The van der Waals surface area contributed by atoms with Crippen LogP contribution in [0.1, 0.15) is 6.29 Å². The molecule has 0 aliphatic heterocycles. The number of para-hydroxylation sites is 2. The van der Waals surface area contributed by atoms with E-state index in [1.54, 1.807) is 10.7 Å². The molecular formula is C11H17N5O. The van der Waals surface area contributed by atoms with E-state index in [0.29, 0.717) is 10.4 Å². The van der Waals surface area contributed by atoms with Crippen molar-refractivity contribution >= 4 is 11.0 Å². The molecule has 1 aromatic heterocycles. The molecule has 0 unspecified atom stereocenters. The maximum Gasteiger partial charge on any atom is 0.235 e. The zero-order valence-corrected chi connectivity index (χ0v) is 10.5. The highest BCUT2D eigenvalue weighted by molar-refractivity contribution is 5.70. The Morgan fingerprint density at radius 2 is 1.76 bits per heavy atom. The molecule has 92 valence electrons. The minimum atomic E-state index is -0.0879. The molecule has 0 radical (unpaired) electrons. The molecule has 0 amide bonds. The van der Waals surface area contributed by atoms with Crippen LogP contribution in [-0.2, 0) is 0 Å². The van der Waals surface area contributed by atoms with Gasteiger partial charge in [0.25, 0.3) is 0 Å². The highest BCUT2D eigenvalue weighted by Crippen LogP contribution is 2.17. The van der Waals surface area contributed by atoms with Crippen LogP contribution in [0.4, 0.5) is 0 Å². The van der Waals surface area contributed by atoms with Crippen LogP contribution in [0, 0.1) is 5.21 Å². The lowest BCUT2D eigenvalue weighted by atomic mass is 10.3. The molecule has 2 rings (SSSR count). The Labute approximate surface area is 100 Å². The standard InChI is InChI=1S/C11H17N5O/c1-13(2)11(14(3)4)15-9-7-5-6-8-10(9)16(17)12-15/h5-8,11H,1-4H3. The molecule has 1 aromatic carbocycles. The fourth-order valence-electron chi connectivity index (χ4n) is 2.07. The molecule has 0 fully saturated rings. The molecule has 0 spiro atoms. The number of benzene rings is 1. The van der Waals surface area contributed by atoms with Crippen LogP contribution in [0.5, 0.6) is 0 Å². The fraction of sp³-hybridized carbons (Fsp3) is 0.455. The molecule has 0 aliphatic rings. The quantitative estimate of drug-likeness (QED) is 0.435. The molecule has 17 heavy (non-hydrogen) atoms. The third-order valence-corrected chi connectivity index (χ3v) is 2.65. The number of fused-ring (bicyclic) bond motifs is 1. The van der Waals surface area contributed by atoms with Crippen LogP contribution < -0.4 is 4.85 Å². The van der Waals surface area contributed by atoms with Gasteiger partial charge in [-0.1, -0.05) is 16.8 Å². The Morgan fingerprint density at radius 1 is 1.18 bits per heavy atom. The van der Waals surface area contributed by atoms with Crippen molar-refractivity contribution in [2.24, 2.45) is 0 Å². The lowest BCUT2D eigenvalue weighted by Gasteiger charge is -2.25.